The molecule has 1 aliphatic rings. The van der Waals surface area contributed by atoms with Crippen molar-refractivity contribution in [3.63, 3.8) is 0 Å². The smallest absolute Gasteiger partial charge is 0.251 e. The van der Waals surface area contributed by atoms with Gasteiger partial charge in [0.15, 0.2) is 0 Å². The zero-order valence-electron chi connectivity index (χ0n) is 14.4. The predicted molar refractivity (Wildman–Crippen MR) is 95.7 cm³/mol. The molecule has 0 fully saturated rings. The van der Waals surface area contributed by atoms with Gasteiger partial charge in [-0.3, -0.25) is 4.79 Å². The second-order valence-electron chi connectivity index (χ2n) is 7.09. The van der Waals surface area contributed by atoms with E-state index in [2.05, 4.69) is 26.1 Å². The first-order valence-corrected chi connectivity index (χ1v) is 8.49. The van der Waals surface area contributed by atoms with Crippen molar-refractivity contribution in [2.24, 2.45) is 5.41 Å². The largest absolute Gasteiger partial charge is 0.352 e. The summed E-state index contributed by atoms with van der Waals surface area (Å²) in [6.07, 6.45) is 20.7. The van der Waals surface area contributed by atoms with E-state index in [-0.39, 0.29) is 5.91 Å². The molecule has 0 aromatic rings. The fourth-order valence-corrected chi connectivity index (χ4v) is 2.33. The molecular formula is C20H31NO. The van der Waals surface area contributed by atoms with Crippen molar-refractivity contribution in [1.82, 2.24) is 5.32 Å². The summed E-state index contributed by atoms with van der Waals surface area (Å²) in [5.41, 5.74) is 1.17. The van der Waals surface area contributed by atoms with Gasteiger partial charge in [-0.15, -0.1) is 0 Å². The Labute approximate surface area is 136 Å². The lowest BCUT2D eigenvalue weighted by Crippen LogP contribution is -2.25. The number of rotatable bonds is 8. The average Bonchev–Trinajstić information content (AvgIpc) is 2.40. The molecule has 122 valence electrons. The van der Waals surface area contributed by atoms with E-state index in [1.165, 1.54) is 32.1 Å². The summed E-state index contributed by atoms with van der Waals surface area (Å²) in [4.78, 5) is 12.0. The maximum absolute atomic E-state index is 12.0. The van der Waals surface area contributed by atoms with Gasteiger partial charge in [-0.25, -0.2) is 0 Å². The highest BCUT2D eigenvalue weighted by Crippen LogP contribution is 2.22. The third-order valence-electron chi connectivity index (χ3n) is 3.65. The summed E-state index contributed by atoms with van der Waals surface area (Å²) < 4.78 is 0. The van der Waals surface area contributed by atoms with Crippen LogP contribution in [-0.2, 0) is 4.79 Å². The molecule has 0 spiro atoms. The van der Waals surface area contributed by atoms with Crippen molar-refractivity contribution in [2.45, 2.75) is 59.3 Å². The third kappa shape index (κ3) is 9.38. The zero-order valence-corrected chi connectivity index (χ0v) is 14.4. The summed E-state index contributed by atoms with van der Waals surface area (Å²) >= 11 is 0. The molecule has 1 amide bonds. The van der Waals surface area contributed by atoms with Gasteiger partial charge in [-0.2, -0.15) is 0 Å². The summed E-state index contributed by atoms with van der Waals surface area (Å²) in [6, 6.07) is 0. The number of hydrogen-bond donors (Lipinski definition) is 1. The standard InChI is InChI=1S/C20H31NO/c1-20(2,3)16-12-8-5-9-13-17-21-19(22)18-14-10-6-4-7-11-15-18/h4,6-7,10-11,14-15H,5,8-9,12-13,16-17H2,1-3H3,(H,21,22)/b6-4-,7-4?,10-6?,11-7-,14-10?,15-11?,18-14?,18-15?. The zero-order chi connectivity index (χ0) is 16.3. The first-order valence-electron chi connectivity index (χ1n) is 8.49. The Balaban J connectivity index is 2.08. The molecule has 0 aromatic heterocycles. The van der Waals surface area contributed by atoms with E-state index in [1.807, 2.05) is 42.5 Å². The molecule has 0 heterocycles. The number of nitrogens with one attached hydrogen (secondary N) is 1. The summed E-state index contributed by atoms with van der Waals surface area (Å²) in [5.74, 6) is 0.0175. The van der Waals surface area contributed by atoms with Crippen molar-refractivity contribution in [1.29, 1.82) is 0 Å². The highest BCUT2D eigenvalue weighted by molar-refractivity contribution is 5.96. The van der Waals surface area contributed by atoms with Crippen LogP contribution in [-0.4, -0.2) is 12.5 Å². The second-order valence-corrected chi connectivity index (χ2v) is 7.09. The Bertz CT molecular complexity index is 447. The number of carbonyl (C=O) groups is 1. The fourth-order valence-electron chi connectivity index (χ4n) is 2.33. The monoisotopic (exact) mass is 301 g/mol. The average molecular weight is 301 g/mol. The number of amides is 1. The van der Waals surface area contributed by atoms with Crippen LogP contribution in [0.25, 0.3) is 0 Å². The van der Waals surface area contributed by atoms with E-state index in [1.54, 1.807) is 0 Å². The molecule has 0 aliphatic heterocycles. The van der Waals surface area contributed by atoms with Crippen molar-refractivity contribution in [3.8, 4) is 0 Å². The van der Waals surface area contributed by atoms with Gasteiger partial charge >= 0.3 is 0 Å². The lowest BCUT2D eigenvalue weighted by atomic mass is 9.89. The third-order valence-corrected chi connectivity index (χ3v) is 3.65. The molecule has 0 unspecified atom stereocenters. The van der Waals surface area contributed by atoms with Gasteiger partial charge in [0.25, 0.3) is 5.91 Å². The number of unbranched alkanes of at least 4 members (excludes halogenated alkanes) is 4. The van der Waals surface area contributed by atoms with Gasteiger partial charge in [0.05, 0.1) is 0 Å². The minimum atomic E-state index is 0.0175. The maximum atomic E-state index is 12.0. The van der Waals surface area contributed by atoms with Crippen LogP contribution >= 0.6 is 0 Å². The topological polar surface area (TPSA) is 29.1 Å². The van der Waals surface area contributed by atoms with Crippen LogP contribution in [0.15, 0.2) is 48.1 Å². The van der Waals surface area contributed by atoms with Gasteiger partial charge in [0.1, 0.15) is 0 Å². The van der Waals surface area contributed by atoms with Crippen LogP contribution in [0.2, 0.25) is 0 Å². The normalized spacial score (nSPS) is 17.3. The summed E-state index contributed by atoms with van der Waals surface area (Å²) in [5, 5.41) is 3.00. The first-order chi connectivity index (χ1) is 10.5. The Morgan fingerprint density at radius 3 is 2.32 bits per heavy atom. The minimum Gasteiger partial charge on any atom is -0.352 e. The van der Waals surface area contributed by atoms with Crippen molar-refractivity contribution in [2.75, 3.05) is 6.54 Å². The Hall–Kier alpha value is -1.57. The molecule has 0 saturated heterocycles. The van der Waals surface area contributed by atoms with E-state index in [0.717, 1.165) is 13.0 Å². The van der Waals surface area contributed by atoms with E-state index in [9.17, 15) is 4.79 Å². The van der Waals surface area contributed by atoms with Crippen LogP contribution in [0.5, 0.6) is 0 Å². The Kier molecular flexibility index (Phi) is 8.57. The van der Waals surface area contributed by atoms with Crippen LogP contribution in [0.4, 0.5) is 0 Å². The molecule has 0 atom stereocenters. The molecule has 0 radical (unpaired) electrons. The molecule has 1 rings (SSSR count). The molecule has 1 N–H and O–H groups in total. The van der Waals surface area contributed by atoms with E-state index in [4.69, 9.17) is 0 Å². The van der Waals surface area contributed by atoms with E-state index in [0.29, 0.717) is 11.0 Å². The number of allylic oxidation sites excluding steroid dienone is 6. The van der Waals surface area contributed by atoms with Gasteiger partial charge in [0.2, 0.25) is 0 Å². The first kappa shape index (κ1) is 18.5. The maximum Gasteiger partial charge on any atom is 0.251 e. The predicted octanol–water partition coefficient (Wildman–Crippen LogP) is 5.10. The lowest BCUT2D eigenvalue weighted by molar-refractivity contribution is -0.117. The minimum absolute atomic E-state index is 0.0175. The van der Waals surface area contributed by atoms with Gasteiger partial charge < -0.3 is 5.32 Å². The van der Waals surface area contributed by atoms with Crippen LogP contribution in [0.3, 0.4) is 0 Å². The second kappa shape index (κ2) is 10.2. The van der Waals surface area contributed by atoms with Crippen LogP contribution in [0, 0.1) is 5.41 Å². The molecule has 0 bridgehead atoms. The SMILES string of the molecule is CC(C)(C)CCCCCCCNC(=O)C1=C/C=C\C=C/C=C1. The molecule has 1 aliphatic carbocycles. The van der Waals surface area contributed by atoms with Crippen molar-refractivity contribution in [3.05, 3.63) is 48.1 Å². The number of hydrogen-bond acceptors (Lipinski definition) is 1. The van der Waals surface area contributed by atoms with Crippen LogP contribution < -0.4 is 5.32 Å². The van der Waals surface area contributed by atoms with Crippen molar-refractivity contribution >= 4 is 5.91 Å². The van der Waals surface area contributed by atoms with Gasteiger partial charge in [-0.1, -0.05) is 76.8 Å². The molecule has 2 heteroatoms. The Morgan fingerprint density at radius 1 is 0.909 bits per heavy atom. The van der Waals surface area contributed by atoms with Gasteiger partial charge in [0, 0.05) is 12.1 Å². The van der Waals surface area contributed by atoms with Crippen molar-refractivity contribution < 1.29 is 4.79 Å². The Morgan fingerprint density at radius 2 is 1.55 bits per heavy atom. The highest BCUT2D eigenvalue weighted by Gasteiger charge is 2.08. The van der Waals surface area contributed by atoms with E-state index >= 15 is 0 Å². The summed E-state index contributed by atoms with van der Waals surface area (Å²) in [6.45, 7) is 7.66. The summed E-state index contributed by atoms with van der Waals surface area (Å²) in [7, 11) is 0. The molecule has 22 heavy (non-hydrogen) atoms. The highest BCUT2D eigenvalue weighted by atomic mass is 16.1. The van der Waals surface area contributed by atoms with Gasteiger partial charge in [-0.05, 0) is 30.4 Å². The van der Waals surface area contributed by atoms with E-state index < -0.39 is 0 Å². The quantitative estimate of drug-likeness (QED) is 0.621. The van der Waals surface area contributed by atoms with Crippen LogP contribution in [0.1, 0.15) is 59.3 Å². The number of carbonyl (C=O) groups excluding carboxylic acids is 1. The molecule has 0 saturated carbocycles. The molecular weight excluding hydrogens is 270 g/mol. The molecule has 0 aromatic carbocycles. The lowest BCUT2D eigenvalue weighted by Gasteiger charge is -2.17. The molecule has 2 nitrogen and oxygen atoms in total. The fraction of sp³-hybridized carbons (Fsp3) is 0.550.